The highest BCUT2D eigenvalue weighted by atomic mass is 32.2. The molecule has 0 aliphatic carbocycles. The maximum Gasteiger partial charge on any atom is 0.262 e. The first-order valence-corrected chi connectivity index (χ1v) is 12.4. The molecule has 2 aromatic carbocycles. The number of hydrogen-bond acceptors (Lipinski definition) is 7. The second kappa shape index (κ2) is 9.36. The summed E-state index contributed by atoms with van der Waals surface area (Å²) in [4.78, 5) is 11.6. The Hall–Kier alpha value is -3.17. The first-order chi connectivity index (χ1) is 15.7. The third kappa shape index (κ3) is 5.43. The number of nitrogens with zero attached hydrogens (tertiary/aromatic N) is 3. The van der Waals surface area contributed by atoms with Crippen LogP contribution < -0.4 is 14.9 Å². The molecule has 0 unspecified atom stereocenters. The van der Waals surface area contributed by atoms with E-state index in [1.165, 1.54) is 0 Å². The van der Waals surface area contributed by atoms with Gasteiger partial charge in [0, 0.05) is 36.2 Å². The van der Waals surface area contributed by atoms with Crippen molar-refractivity contribution < 1.29 is 13.2 Å². The van der Waals surface area contributed by atoms with E-state index in [0.29, 0.717) is 35.6 Å². The molecule has 2 N–H and O–H groups in total. The van der Waals surface area contributed by atoms with Crippen LogP contribution in [-0.2, 0) is 14.8 Å². The monoisotopic (exact) mass is 467 g/mol. The summed E-state index contributed by atoms with van der Waals surface area (Å²) >= 11 is 0. The predicted molar refractivity (Wildman–Crippen MR) is 131 cm³/mol. The van der Waals surface area contributed by atoms with Crippen LogP contribution in [-0.4, -0.2) is 44.7 Å². The number of ether oxygens (including phenoxy) is 1. The van der Waals surface area contributed by atoms with Gasteiger partial charge in [0.25, 0.3) is 10.0 Å². The number of sulfonamides is 1. The molecule has 174 valence electrons. The van der Waals surface area contributed by atoms with Crippen molar-refractivity contribution in [3.8, 4) is 0 Å². The summed E-state index contributed by atoms with van der Waals surface area (Å²) in [5.41, 5.74) is 4.65. The first-order valence-electron chi connectivity index (χ1n) is 10.9. The van der Waals surface area contributed by atoms with E-state index in [1.807, 2.05) is 58.0 Å². The van der Waals surface area contributed by atoms with Gasteiger partial charge in [-0.3, -0.25) is 4.72 Å². The van der Waals surface area contributed by atoms with Crippen molar-refractivity contribution in [1.82, 2.24) is 9.97 Å². The van der Waals surface area contributed by atoms with Crippen molar-refractivity contribution >= 4 is 33.2 Å². The Morgan fingerprint density at radius 2 is 1.48 bits per heavy atom. The summed E-state index contributed by atoms with van der Waals surface area (Å²) in [5.74, 6) is 1.36. The molecular formula is C24H29N5O3S. The zero-order valence-corrected chi connectivity index (χ0v) is 20.2. The molecule has 0 atom stereocenters. The van der Waals surface area contributed by atoms with Gasteiger partial charge in [0.15, 0.2) is 0 Å². The van der Waals surface area contributed by atoms with Crippen LogP contribution in [0.3, 0.4) is 0 Å². The molecule has 1 aromatic heterocycles. The molecule has 9 heteroatoms. The van der Waals surface area contributed by atoms with E-state index in [2.05, 4.69) is 24.9 Å². The minimum atomic E-state index is -3.69. The molecular weight excluding hydrogens is 438 g/mol. The topological polar surface area (TPSA) is 96.5 Å². The van der Waals surface area contributed by atoms with E-state index in [4.69, 9.17) is 4.74 Å². The Bertz CT molecular complexity index is 1230. The van der Waals surface area contributed by atoms with Gasteiger partial charge in [0.05, 0.1) is 18.1 Å². The number of aryl methyl sites for hydroxylation is 4. The molecule has 33 heavy (non-hydrogen) atoms. The van der Waals surface area contributed by atoms with Gasteiger partial charge in [0.2, 0.25) is 5.95 Å². The summed E-state index contributed by atoms with van der Waals surface area (Å²) in [6.07, 6.45) is 0. The molecule has 2 heterocycles. The highest BCUT2D eigenvalue weighted by molar-refractivity contribution is 7.92. The zero-order chi connectivity index (χ0) is 23.6. The average Bonchev–Trinajstić information content (AvgIpc) is 2.74. The lowest BCUT2D eigenvalue weighted by atomic mass is 10.1. The van der Waals surface area contributed by atoms with Crippen LogP contribution in [0.15, 0.2) is 47.4 Å². The minimum absolute atomic E-state index is 0.322. The fraction of sp³-hybridized carbons (Fsp3) is 0.333. The molecule has 1 saturated heterocycles. The molecule has 3 aromatic rings. The summed E-state index contributed by atoms with van der Waals surface area (Å²) in [6.45, 7) is 10.4. The van der Waals surface area contributed by atoms with Crippen molar-refractivity contribution in [3.05, 3.63) is 64.8 Å². The van der Waals surface area contributed by atoms with Gasteiger partial charge < -0.3 is 15.0 Å². The van der Waals surface area contributed by atoms with Gasteiger partial charge in [-0.1, -0.05) is 17.7 Å². The zero-order valence-electron chi connectivity index (χ0n) is 19.3. The number of morpholine rings is 1. The van der Waals surface area contributed by atoms with Gasteiger partial charge in [-0.15, -0.1) is 0 Å². The van der Waals surface area contributed by atoms with Crippen molar-refractivity contribution in [3.63, 3.8) is 0 Å². The molecule has 0 bridgehead atoms. The molecule has 0 saturated carbocycles. The molecule has 1 aliphatic heterocycles. The highest BCUT2D eigenvalue weighted by Crippen LogP contribution is 2.26. The SMILES string of the molecule is Cc1cc(C)c(S(=O)(=O)Nc2ccc(Nc3cc(C)nc(N4CCOCC4)n3)cc2)c(C)c1. The molecule has 0 spiro atoms. The second-order valence-electron chi connectivity index (χ2n) is 8.33. The van der Waals surface area contributed by atoms with Crippen LogP contribution in [0.5, 0.6) is 0 Å². The maximum atomic E-state index is 13.0. The number of benzene rings is 2. The smallest absolute Gasteiger partial charge is 0.262 e. The normalized spacial score (nSPS) is 14.2. The largest absolute Gasteiger partial charge is 0.378 e. The van der Waals surface area contributed by atoms with Crippen LogP contribution in [0.4, 0.5) is 23.1 Å². The van der Waals surface area contributed by atoms with Gasteiger partial charge in [-0.25, -0.2) is 13.4 Å². The highest BCUT2D eigenvalue weighted by Gasteiger charge is 2.20. The van der Waals surface area contributed by atoms with Crippen LogP contribution in [0.2, 0.25) is 0 Å². The van der Waals surface area contributed by atoms with Crippen LogP contribution in [0.25, 0.3) is 0 Å². The van der Waals surface area contributed by atoms with E-state index < -0.39 is 10.0 Å². The van der Waals surface area contributed by atoms with Crippen LogP contribution >= 0.6 is 0 Å². The summed E-state index contributed by atoms with van der Waals surface area (Å²) < 4.78 is 34.1. The van der Waals surface area contributed by atoms with E-state index in [1.54, 1.807) is 12.1 Å². The molecule has 8 nitrogen and oxygen atoms in total. The molecule has 0 amide bonds. The van der Waals surface area contributed by atoms with Gasteiger partial charge in [0.1, 0.15) is 5.82 Å². The van der Waals surface area contributed by atoms with E-state index in [-0.39, 0.29) is 0 Å². The number of hydrogen-bond donors (Lipinski definition) is 2. The Morgan fingerprint density at radius 1 is 0.879 bits per heavy atom. The molecule has 0 radical (unpaired) electrons. The fourth-order valence-corrected chi connectivity index (χ4v) is 5.60. The van der Waals surface area contributed by atoms with Gasteiger partial charge in [-0.2, -0.15) is 4.98 Å². The van der Waals surface area contributed by atoms with Gasteiger partial charge in [-0.05, 0) is 63.1 Å². The number of rotatable bonds is 6. The number of anilines is 4. The third-order valence-electron chi connectivity index (χ3n) is 5.42. The van der Waals surface area contributed by atoms with E-state index in [0.717, 1.165) is 41.2 Å². The Morgan fingerprint density at radius 3 is 2.12 bits per heavy atom. The fourth-order valence-electron chi connectivity index (χ4n) is 4.09. The second-order valence-corrected chi connectivity index (χ2v) is 9.95. The van der Waals surface area contributed by atoms with Crippen molar-refractivity contribution in [1.29, 1.82) is 0 Å². The Labute approximate surface area is 195 Å². The first kappa shape index (κ1) is 23.0. The lowest BCUT2D eigenvalue weighted by molar-refractivity contribution is 0.122. The van der Waals surface area contributed by atoms with Crippen molar-refractivity contribution in [2.45, 2.75) is 32.6 Å². The Balaban J connectivity index is 1.50. The standard InChI is InChI=1S/C24H29N5O3S/c1-16-13-17(2)23(18(3)14-16)33(30,31)28-21-7-5-20(6-8-21)26-22-15-19(4)25-24(27-22)29-9-11-32-12-10-29/h5-8,13-15,28H,9-12H2,1-4H3,(H,25,26,27). The molecule has 4 rings (SSSR count). The average molecular weight is 468 g/mol. The van der Waals surface area contributed by atoms with Gasteiger partial charge >= 0.3 is 0 Å². The third-order valence-corrected chi connectivity index (χ3v) is 7.11. The van der Waals surface area contributed by atoms with E-state index >= 15 is 0 Å². The van der Waals surface area contributed by atoms with E-state index in [9.17, 15) is 8.42 Å². The number of nitrogens with one attached hydrogen (secondary N) is 2. The van der Waals surface area contributed by atoms with Crippen LogP contribution in [0, 0.1) is 27.7 Å². The lowest BCUT2D eigenvalue weighted by Crippen LogP contribution is -2.37. The summed E-state index contributed by atoms with van der Waals surface area (Å²) in [5, 5.41) is 3.28. The quantitative estimate of drug-likeness (QED) is 0.564. The van der Waals surface area contributed by atoms with Crippen molar-refractivity contribution in [2.24, 2.45) is 0 Å². The van der Waals surface area contributed by atoms with Crippen LogP contribution in [0.1, 0.15) is 22.4 Å². The minimum Gasteiger partial charge on any atom is -0.378 e. The predicted octanol–water partition coefficient (Wildman–Crippen LogP) is 4.09. The number of aromatic nitrogens is 2. The maximum absolute atomic E-state index is 13.0. The summed E-state index contributed by atoms with van der Waals surface area (Å²) in [7, 11) is -3.69. The molecule has 1 fully saturated rings. The molecule has 1 aliphatic rings. The Kier molecular flexibility index (Phi) is 6.53. The lowest BCUT2D eigenvalue weighted by Gasteiger charge is -2.27. The van der Waals surface area contributed by atoms with Crippen molar-refractivity contribution in [2.75, 3.05) is 41.2 Å². The summed E-state index contributed by atoms with van der Waals surface area (Å²) in [6, 6.07) is 12.7.